The lowest BCUT2D eigenvalue weighted by atomic mass is 10.1. The van der Waals surface area contributed by atoms with Crippen LogP contribution in [0.4, 0.5) is 4.39 Å². The van der Waals surface area contributed by atoms with Crippen LogP contribution in [-0.2, 0) is 9.47 Å². The zero-order valence-electron chi connectivity index (χ0n) is 13.8. The molecule has 1 atom stereocenters. The Morgan fingerprint density at radius 3 is 2.48 bits per heavy atom. The van der Waals surface area contributed by atoms with Gasteiger partial charge in [-0.05, 0) is 26.3 Å². The van der Waals surface area contributed by atoms with Gasteiger partial charge in [-0.3, -0.25) is 0 Å². The average Bonchev–Trinajstić information content (AvgIpc) is 2.43. The fourth-order valence-electron chi connectivity index (χ4n) is 1.89. The van der Waals surface area contributed by atoms with Crippen molar-refractivity contribution in [2.24, 2.45) is 0 Å². The van der Waals surface area contributed by atoms with E-state index in [1.807, 2.05) is 19.9 Å². The minimum Gasteiger partial charge on any atom is -0.379 e. The fraction of sp³-hybridized carbons (Fsp3) is 0.647. The molecular weight excluding hydrogens is 269 g/mol. The summed E-state index contributed by atoms with van der Waals surface area (Å²) < 4.78 is 25.3. The van der Waals surface area contributed by atoms with E-state index in [2.05, 4.69) is 19.2 Å². The van der Waals surface area contributed by atoms with Gasteiger partial charge in [-0.2, -0.15) is 0 Å². The van der Waals surface area contributed by atoms with Gasteiger partial charge in [-0.1, -0.05) is 32.0 Å². The van der Waals surface area contributed by atoms with E-state index >= 15 is 0 Å². The number of hydrogen-bond donors (Lipinski definition) is 1. The quantitative estimate of drug-likeness (QED) is 0.754. The predicted molar refractivity (Wildman–Crippen MR) is 83.9 cm³/mol. The number of halogens is 1. The lowest BCUT2D eigenvalue weighted by Gasteiger charge is -2.25. The van der Waals surface area contributed by atoms with Gasteiger partial charge in [0.2, 0.25) is 0 Å². The molecule has 1 unspecified atom stereocenters. The number of nitrogens with one attached hydrogen (secondary N) is 1. The van der Waals surface area contributed by atoms with Crippen LogP contribution in [0, 0.1) is 5.82 Å². The van der Waals surface area contributed by atoms with Crippen molar-refractivity contribution >= 4 is 0 Å². The zero-order chi connectivity index (χ0) is 15.9. The summed E-state index contributed by atoms with van der Waals surface area (Å²) in [6.07, 6.45) is 0.470. The molecule has 0 aromatic heterocycles. The first-order valence-electron chi connectivity index (χ1n) is 7.50. The molecule has 0 radical (unpaired) electrons. The summed E-state index contributed by atoms with van der Waals surface area (Å²) in [4.78, 5) is 0. The van der Waals surface area contributed by atoms with E-state index in [-0.39, 0.29) is 17.5 Å². The molecule has 4 heteroatoms. The topological polar surface area (TPSA) is 30.5 Å². The Bertz CT molecular complexity index is 421. The number of benzene rings is 1. The number of rotatable bonds is 9. The molecule has 0 bridgehead atoms. The molecule has 0 aliphatic rings. The summed E-state index contributed by atoms with van der Waals surface area (Å²) in [5, 5.41) is 3.31. The molecular formula is C17H28FNO2. The molecule has 0 heterocycles. The van der Waals surface area contributed by atoms with Crippen LogP contribution >= 0.6 is 0 Å². The second-order valence-electron chi connectivity index (χ2n) is 6.16. The smallest absolute Gasteiger partial charge is 0.129 e. The van der Waals surface area contributed by atoms with Crippen LogP contribution in [0.1, 0.15) is 45.8 Å². The molecule has 1 aromatic carbocycles. The Labute approximate surface area is 127 Å². The standard InChI is InChI=1S/C17H28FNO2/c1-13(2)19-12-16(14-8-6-7-9-15(14)18)21-11-10-17(3,4)20-5/h6-9,13,16,19H,10-12H2,1-5H3. The molecule has 0 fully saturated rings. The first kappa shape index (κ1) is 18.1. The van der Waals surface area contributed by atoms with Crippen LogP contribution in [0.2, 0.25) is 0 Å². The minimum atomic E-state index is -0.291. The van der Waals surface area contributed by atoms with Crippen molar-refractivity contribution in [3.8, 4) is 0 Å². The van der Waals surface area contributed by atoms with Gasteiger partial charge in [0.05, 0.1) is 18.3 Å². The van der Waals surface area contributed by atoms with Crippen LogP contribution in [0.15, 0.2) is 24.3 Å². The van der Waals surface area contributed by atoms with Crippen molar-refractivity contribution < 1.29 is 13.9 Å². The van der Waals surface area contributed by atoms with Crippen molar-refractivity contribution in [3.05, 3.63) is 35.6 Å². The molecule has 21 heavy (non-hydrogen) atoms. The molecule has 0 aliphatic heterocycles. The molecule has 0 aliphatic carbocycles. The second kappa shape index (κ2) is 8.47. The normalized spacial score (nSPS) is 13.7. The number of methoxy groups -OCH3 is 1. The molecule has 0 saturated carbocycles. The van der Waals surface area contributed by atoms with Crippen molar-refractivity contribution in [2.45, 2.75) is 51.9 Å². The lowest BCUT2D eigenvalue weighted by Crippen LogP contribution is -2.31. The first-order valence-corrected chi connectivity index (χ1v) is 7.50. The van der Waals surface area contributed by atoms with Gasteiger partial charge < -0.3 is 14.8 Å². The average molecular weight is 297 g/mol. The highest BCUT2D eigenvalue weighted by Crippen LogP contribution is 2.22. The van der Waals surface area contributed by atoms with Crippen molar-refractivity contribution in [1.82, 2.24) is 5.32 Å². The van der Waals surface area contributed by atoms with Crippen LogP contribution in [0.5, 0.6) is 0 Å². The number of hydrogen-bond acceptors (Lipinski definition) is 3. The van der Waals surface area contributed by atoms with Gasteiger partial charge in [-0.25, -0.2) is 4.39 Å². The van der Waals surface area contributed by atoms with Gasteiger partial charge in [0, 0.05) is 25.3 Å². The highest BCUT2D eigenvalue weighted by molar-refractivity contribution is 5.20. The van der Waals surface area contributed by atoms with Gasteiger partial charge in [-0.15, -0.1) is 0 Å². The summed E-state index contributed by atoms with van der Waals surface area (Å²) in [7, 11) is 1.69. The summed E-state index contributed by atoms with van der Waals surface area (Å²) in [5.41, 5.74) is 0.367. The fourth-order valence-corrected chi connectivity index (χ4v) is 1.89. The highest BCUT2D eigenvalue weighted by atomic mass is 19.1. The van der Waals surface area contributed by atoms with E-state index in [4.69, 9.17) is 9.47 Å². The second-order valence-corrected chi connectivity index (χ2v) is 6.16. The Morgan fingerprint density at radius 1 is 1.24 bits per heavy atom. The largest absolute Gasteiger partial charge is 0.379 e. The van der Waals surface area contributed by atoms with E-state index in [9.17, 15) is 4.39 Å². The summed E-state index contributed by atoms with van der Waals surface area (Å²) in [5.74, 6) is -0.223. The molecule has 1 N–H and O–H groups in total. The van der Waals surface area contributed by atoms with Gasteiger partial charge in [0.15, 0.2) is 0 Å². The van der Waals surface area contributed by atoms with Gasteiger partial charge in [0.25, 0.3) is 0 Å². The van der Waals surface area contributed by atoms with Crippen molar-refractivity contribution in [3.63, 3.8) is 0 Å². The number of ether oxygens (including phenoxy) is 2. The maximum absolute atomic E-state index is 14.0. The van der Waals surface area contributed by atoms with E-state index < -0.39 is 0 Å². The highest BCUT2D eigenvalue weighted by Gasteiger charge is 2.20. The molecule has 0 amide bonds. The van der Waals surface area contributed by atoms with Crippen LogP contribution in [0.25, 0.3) is 0 Å². The maximum atomic E-state index is 14.0. The summed E-state index contributed by atoms with van der Waals surface area (Å²) in [6, 6.07) is 7.12. The monoisotopic (exact) mass is 297 g/mol. The molecule has 1 rings (SSSR count). The lowest BCUT2D eigenvalue weighted by molar-refractivity contribution is -0.0281. The van der Waals surface area contributed by atoms with Gasteiger partial charge in [0.1, 0.15) is 5.82 Å². The van der Waals surface area contributed by atoms with Crippen LogP contribution in [0.3, 0.4) is 0 Å². The van der Waals surface area contributed by atoms with Gasteiger partial charge >= 0.3 is 0 Å². The van der Waals surface area contributed by atoms with E-state index in [0.717, 1.165) is 6.42 Å². The van der Waals surface area contributed by atoms with E-state index in [0.29, 0.717) is 24.8 Å². The maximum Gasteiger partial charge on any atom is 0.129 e. The summed E-state index contributed by atoms with van der Waals surface area (Å²) >= 11 is 0. The van der Waals surface area contributed by atoms with E-state index in [1.54, 1.807) is 19.2 Å². The molecule has 0 spiro atoms. The van der Waals surface area contributed by atoms with Crippen molar-refractivity contribution in [1.29, 1.82) is 0 Å². The molecule has 3 nitrogen and oxygen atoms in total. The SMILES string of the molecule is COC(C)(C)CCOC(CNC(C)C)c1ccccc1F. The predicted octanol–water partition coefficient (Wildman–Crippen LogP) is 3.70. The van der Waals surface area contributed by atoms with Crippen LogP contribution < -0.4 is 5.32 Å². The Morgan fingerprint density at radius 2 is 1.90 bits per heavy atom. The Balaban J connectivity index is 2.67. The van der Waals surface area contributed by atoms with E-state index in [1.165, 1.54) is 6.07 Å². The van der Waals surface area contributed by atoms with Crippen LogP contribution in [-0.4, -0.2) is 31.9 Å². The third-order valence-corrected chi connectivity index (χ3v) is 3.54. The molecule has 120 valence electrons. The Kier molecular flexibility index (Phi) is 7.29. The Hall–Kier alpha value is -0.970. The minimum absolute atomic E-state index is 0.223. The summed E-state index contributed by atoms with van der Waals surface area (Å²) in [6.45, 7) is 9.27. The third-order valence-electron chi connectivity index (χ3n) is 3.54. The zero-order valence-corrected chi connectivity index (χ0v) is 13.8. The van der Waals surface area contributed by atoms with Crippen molar-refractivity contribution in [2.75, 3.05) is 20.3 Å². The first-order chi connectivity index (χ1) is 9.85. The molecule has 0 saturated heterocycles. The molecule has 1 aromatic rings. The third kappa shape index (κ3) is 6.55.